The van der Waals surface area contributed by atoms with E-state index in [-0.39, 0.29) is 1.43 Å². The van der Waals surface area contributed by atoms with Crippen molar-refractivity contribution in [2.45, 2.75) is 13.5 Å². The largest absolute Gasteiger partial charge is 0.326 e. The van der Waals surface area contributed by atoms with E-state index >= 15 is 0 Å². The lowest BCUT2D eigenvalue weighted by atomic mass is 10.1. The van der Waals surface area contributed by atoms with Crippen LogP contribution in [0.25, 0.3) is 0 Å². The first kappa shape index (κ1) is 11.6. The molecule has 0 aliphatic carbocycles. The van der Waals surface area contributed by atoms with E-state index in [1.165, 1.54) is 0 Å². The van der Waals surface area contributed by atoms with E-state index in [0.29, 0.717) is 12.1 Å². The maximum absolute atomic E-state index is 10.2. The van der Waals surface area contributed by atoms with Crippen LogP contribution in [0.1, 0.15) is 24.3 Å². The van der Waals surface area contributed by atoms with E-state index < -0.39 is 0 Å². The fourth-order valence-corrected chi connectivity index (χ4v) is 0.732. The molecule has 0 saturated heterocycles. The van der Waals surface area contributed by atoms with E-state index in [9.17, 15) is 4.79 Å². The summed E-state index contributed by atoms with van der Waals surface area (Å²) in [6, 6.07) is 7.22. The van der Waals surface area contributed by atoms with Gasteiger partial charge in [0.05, 0.1) is 0 Å². The third-order valence-electron chi connectivity index (χ3n) is 1.35. The van der Waals surface area contributed by atoms with Crippen LogP contribution in [0.2, 0.25) is 0 Å². The first-order valence-corrected chi connectivity index (χ1v) is 4.09. The molecule has 0 saturated carbocycles. The number of hydrogen-bond donors (Lipinski definition) is 1. The van der Waals surface area contributed by atoms with Gasteiger partial charge >= 0.3 is 0 Å². The van der Waals surface area contributed by atoms with Gasteiger partial charge in [0.1, 0.15) is 6.29 Å². The standard InChI is InChI=1S/C8H9NO.C3H6.H2/c9-5-7-1-3-8(6-10)4-2-7;1-3-2;/h1-4,6H,5,9H2;3H,1H2,2H3;1H. The summed E-state index contributed by atoms with van der Waals surface area (Å²) < 4.78 is 0. The minimum absolute atomic E-state index is 0. The fourth-order valence-electron chi connectivity index (χ4n) is 0.732. The van der Waals surface area contributed by atoms with Gasteiger partial charge < -0.3 is 5.73 Å². The molecule has 2 nitrogen and oxygen atoms in total. The van der Waals surface area contributed by atoms with Crippen LogP contribution < -0.4 is 5.73 Å². The molecule has 0 amide bonds. The quantitative estimate of drug-likeness (QED) is 0.559. The van der Waals surface area contributed by atoms with Gasteiger partial charge in [0.25, 0.3) is 0 Å². The Bertz CT molecular complexity index is 256. The minimum Gasteiger partial charge on any atom is -0.326 e. The van der Waals surface area contributed by atoms with E-state index in [0.717, 1.165) is 11.8 Å². The lowest BCUT2D eigenvalue weighted by Gasteiger charge is -1.93. The van der Waals surface area contributed by atoms with Crippen molar-refractivity contribution in [3.05, 3.63) is 48.0 Å². The number of carbonyl (C=O) groups excluding carboxylic acids is 1. The molecule has 0 atom stereocenters. The molecule has 0 unspecified atom stereocenters. The van der Waals surface area contributed by atoms with Crippen LogP contribution in [0.15, 0.2) is 36.9 Å². The molecule has 0 aliphatic heterocycles. The molecule has 72 valence electrons. The predicted molar refractivity (Wildman–Crippen MR) is 57.7 cm³/mol. The molecule has 1 aromatic rings. The second-order valence-electron chi connectivity index (χ2n) is 2.47. The number of aldehydes is 1. The topological polar surface area (TPSA) is 43.1 Å². The summed E-state index contributed by atoms with van der Waals surface area (Å²) in [7, 11) is 0. The van der Waals surface area contributed by atoms with Crippen molar-refractivity contribution < 1.29 is 6.22 Å². The summed E-state index contributed by atoms with van der Waals surface area (Å²) in [5.74, 6) is 0. The van der Waals surface area contributed by atoms with Gasteiger partial charge in [-0.15, -0.1) is 6.58 Å². The highest BCUT2D eigenvalue weighted by atomic mass is 16.1. The average Bonchev–Trinajstić information content (AvgIpc) is 2.19. The molecule has 0 fully saturated rings. The average molecular weight is 179 g/mol. The normalized spacial score (nSPS) is 8.15. The summed E-state index contributed by atoms with van der Waals surface area (Å²) in [6.45, 7) is 5.78. The molecule has 2 heteroatoms. The summed E-state index contributed by atoms with van der Waals surface area (Å²) in [5, 5.41) is 0. The van der Waals surface area contributed by atoms with Crippen molar-refractivity contribution in [3.8, 4) is 0 Å². The molecule has 0 heterocycles. The smallest absolute Gasteiger partial charge is 0.150 e. The highest BCUT2D eigenvalue weighted by Crippen LogP contribution is 2.00. The molecule has 1 aromatic carbocycles. The van der Waals surface area contributed by atoms with Crippen molar-refractivity contribution in [3.63, 3.8) is 0 Å². The van der Waals surface area contributed by atoms with E-state index in [4.69, 9.17) is 5.73 Å². The highest BCUT2D eigenvalue weighted by Gasteiger charge is 1.88. The lowest BCUT2D eigenvalue weighted by molar-refractivity contribution is 0.112. The van der Waals surface area contributed by atoms with Crippen molar-refractivity contribution in [2.75, 3.05) is 0 Å². The molecule has 0 bridgehead atoms. The number of hydrogen-bond acceptors (Lipinski definition) is 2. The molecule has 0 radical (unpaired) electrons. The molecule has 0 aromatic heterocycles. The van der Waals surface area contributed by atoms with Crippen LogP contribution in [0.3, 0.4) is 0 Å². The van der Waals surface area contributed by atoms with E-state index in [1.54, 1.807) is 18.2 Å². The first-order chi connectivity index (χ1) is 6.28. The number of benzene rings is 1. The summed E-state index contributed by atoms with van der Waals surface area (Å²) >= 11 is 0. The lowest BCUT2D eigenvalue weighted by Crippen LogP contribution is -1.95. The maximum atomic E-state index is 10.2. The van der Waals surface area contributed by atoms with Crippen molar-refractivity contribution in [1.29, 1.82) is 0 Å². The Balaban J connectivity index is 0. The Morgan fingerprint density at radius 1 is 1.46 bits per heavy atom. The number of carbonyl (C=O) groups is 1. The molecule has 2 N–H and O–H groups in total. The number of allylic oxidation sites excluding steroid dienone is 1. The Hall–Kier alpha value is -1.41. The maximum Gasteiger partial charge on any atom is 0.150 e. The second-order valence-corrected chi connectivity index (χ2v) is 2.47. The van der Waals surface area contributed by atoms with Crippen LogP contribution in [0, 0.1) is 0 Å². The van der Waals surface area contributed by atoms with Gasteiger partial charge in [0.15, 0.2) is 0 Å². The minimum atomic E-state index is 0. The van der Waals surface area contributed by atoms with Crippen LogP contribution in [0.5, 0.6) is 0 Å². The number of nitrogens with two attached hydrogens (primary N) is 1. The third kappa shape index (κ3) is 4.93. The van der Waals surface area contributed by atoms with Crippen LogP contribution in [0.4, 0.5) is 0 Å². The molecule has 13 heavy (non-hydrogen) atoms. The molecule has 0 spiro atoms. The van der Waals surface area contributed by atoms with Gasteiger partial charge in [-0.3, -0.25) is 4.79 Å². The van der Waals surface area contributed by atoms with Crippen molar-refractivity contribution in [1.82, 2.24) is 0 Å². The Morgan fingerprint density at radius 3 is 2.23 bits per heavy atom. The van der Waals surface area contributed by atoms with Crippen LogP contribution in [-0.4, -0.2) is 6.29 Å². The Labute approximate surface area is 80.6 Å². The number of rotatable bonds is 2. The fraction of sp³-hybridized carbons (Fsp3) is 0.182. The third-order valence-corrected chi connectivity index (χ3v) is 1.35. The van der Waals surface area contributed by atoms with Gasteiger partial charge in [0, 0.05) is 13.5 Å². The first-order valence-electron chi connectivity index (χ1n) is 4.09. The summed E-state index contributed by atoms with van der Waals surface area (Å²) in [6.07, 6.45) is 2.57. The van der Waals surface area contributed by atoms with Crippen molar-refractivity contribution >= 4 is 6.29 Å². The predicted octanol–water partition coefficient (Wildman–Crippen LogP) is 2.40. The summed E-state index contributed by atoms with van der Waals surface area (Å²) in [4.78, 5) is 10.2. The van der Waals surface area contributed by atoms with E-state index in [1.807, 2.05) is 19.1 Å². The zero-order chi connectivity index (χ0) is 10.1. The van der Waals surface area contributed by atoms with Gasteiger partial charge in [-0.05, 0) is 12.5 Å². The molecule has 0 aliphatic rings. The molecule has 1 rings (SSSR count). The highest BCUT2D eigenvalue weighted by molar-refractivity contribution is 5.74. The van der Waals surface area contributed by atoms with Crippen LogP contribution >= 0.6 is 0 Å². The summed E-state index contributed by atoms with van der Waals surface area (Å²) in [5.41, 5.74) is 7.09. The monoisotopic (exact) mass is 179 g/mol. The van der Waals surface area contributed by atoms with Gasteiger partial charge in [0.2, 0.25) is 0 Å². The van der Waals surface area contributed by atoms with Gasteiger partial charge in [-0.25, -0.2) is 0 Å². The zero-order valence-electron chi connectivity index (χ0n) is 7.86. The van der Waals surface area contributed by atoms with Gasteiger partial charge in [-0.1, -0.05) is 30.3 Å². The Kier molecular flexibility index (Phi) is 6.46. The zero-order valence-corrected chi connectivity index (χ0v) is 7.86. The van der Waals surface area contributed by atoms with Gasteiger partial charge in [-0.2, -0.15) is 0 Å². The Morgan fingerprint density at radius 2 is 1.92 bits per heavy atom. The molecular weight excluding hydrogens is 162 g/mol. The van der Waals surface area contributed by atoms with Crippen molar-refractivity contribution in [2.24, 2.45) is 5.73 Å². The van der Waals surface area contributed by atoms with Crippen LogP contribution in [-0.2, 0) is 6.54 Å². The van der Waals surface area contributed by atoms with E-state index in [2.05, 4.69) is 6.58 Å². The SMILES string of the molecule is C=CC.NCc1ccc(C=O)cc1.[HH]. The second kappa shape index (κ2) is 7.25. The molecular formula is C11H17NO.